The number of anilines is 1. The summed E-state index contributed by atoms with van der Waals surface area (Å²) in [5.41, 5.74) is 1.44. The van der Waals surface area contributed by atoms with Crippen molar-refractivity contribution in [1.29, 1.82) is 0 Å². The summed E-state index contributed by atoms with van der Waals surface area (Å²) in [4.78, 5) is 26.3. The number of rotatable bonds is 5. The van der Waals surface area contributed by atoms with E-state index in [1.807, 2.05) is 24.3 Å². The van der Waals surface area contributed by atoms with Crippen LogP contribution in [0.2, 0.25) is 0 Å². The normalized spacial score (nSPS) is 16.6. The minimum absolute atomic E-state index is 0.0667. The van der Waals surface area contributed by atoms with E-state index >= 15 is 0 Å². The van der Waals surface area contributed by atoms with E-state index in [0.29, 0.717) is 12.1 Å². The number of carbonyl (C=O) groups excluding carboxylic acids is 2. The highest BCUT2D eigenvalue weighted by atomic mass is 19.1. The van der Waals surface area contributed by atoms with Crippen LogP contribution in [0.4, 0.5) is 10.2 Å². The number of amides is 2. The quantitative estimate of drug-likeness (QED) is 0.709. The van der Waals surface area contributed by atoms with E-state index in [2.05, 4.69) is 15.5 Å². The molecule has 0 bridgehead atoms. The third-order valence-corrected chi connectivity index (χ3v) is 4.90. The molecule has 28 heavy (non-hydrogen) atoms. The van der Waals surface area contributed by atoms with Gasteiger partial charge in [-0.3, -0.25) is 19.6 Å². The van der Waals surface area contributed by atoms with Crippen molar-refractivity contribution < 1.29 is 18.7 Å². The molecular weight excluding hydrogens is 363 g/mol. The largest absolute Gasteiger partial charge is 0.497 e. The minimum Gasteiger partial charge on any atom is -0.497 e. The number of benzene rings is 2. The predicted octanol–water partition coefficient (Wildman–Crippen LogP) is 2.38. The molecule has 0 radical (unpaired) electrons. The monoisotopic (exact) mass is 382 g/mol. The van der Waals surface area contributed by atoms with Crippen LogP contribution in [0.1, 0.15) is 12.0 Å². The molecule has 8 heteroatoms. The highest BCUT2D eigenvalue weighted by Gasteiger charge is 2.37. The molecule has 2 N–H and O–H groups in total. The smallest absolute Gasteiger partial charge is 0.229 e. The number of methoxy groups -OCH3 is 1. The Bertz CT molecular complexity index is 1030. The van der Waals surface area contributed by atoms with Crippen LogP contribution in [0.15, 0.2) is 42.5 Å². The van der Waals surface area contributed by atoms with Crippen molar-refractivity contribution in [3.05, 3.63) is 53.8 Å². The molecule has 144 valence electrons. The molecule has 0 spiro atoms. The highest BCUT2D eigenvalue weighted by molar-refractivity contribution is 6.05. The van der Waals surface area contributed by atoms with Gasteiger partial charge in [0.15, 0.2) is 5.82 Å². The molecule has 4 rings (SSSR count). The predicted molar refractivity (Wildman–Crippen MR) is 101 cm³/mol. The van der Waals surface area contributed by atoms with E-state index in [1.165, 1.54) is 11.0 Å². The SMILES string of the molecule is COc1ccc(CNC(=O)[C@@H]2CC(=O)N(c3n[nH]c4cccc(F)c34)C2)cc1. The van der Waals surface area contributed by atoms with Gasteiger partial charge in [-0.25, -0.2) is 4.39 Å². The maximum absolute atomic E-state index is 14.2. The van der Waals surface area contributed by atoms with Crippen LogP contribution in [0.3, 0.4) is 0 Å². The molecule has 1 aliphatic rings. The van der Waals surface area contributed by atoms with E-state index in [4.69, 9.17) is 4.74 Å². The number of nitrogens with zero attached hydrogens (tertiary/aromatic N) is 2. The Morgan fingerprint density at radius 1 is 1.32 bits per heavy atom. The average molecular weight is 382 g/mol. The molecule has 1 saturated heterocycles. The number of halogens is 1. The van der Waals surface area contributed by atoms with Gasteiger partial charge in [-0.2, -0.15) is 5.10 Å². The molecule has 2 heterocycles. The number of nitrogens with one attached hydrogen (secondary N) is 2. The Morgan fingerprint density at radius 3 is 2.86 bits per heavy atom. The molecular formula is C20H19FN4O3. The van der Waals surface area contributed by atoms with Crippen LogP contribution in [0, 0.1) is 11.7 Å². The first kappa shape index (κ1) is 18.0. The van der Waals surface area contributed by atoms with Gasteiger partial charge in [0.05, 0.1) is 23.9 Å². The fraction of sp³-hybridized carbons (Fsp3) is 0.250. The van der Waals surface area contributed by atoms with Crippen molar-refractivity contribution in [3.8, 4) is 5.75 Å². The van der Waals surface area contributed by atoms with Gasteiger partial charge in [-0.1, -0.05) is 18.2 Å². The van der Waals surface area contributed by atoms with Crippen LogP contribution >= 0.6 is 0 Å². The first-order valence-corrected chi connectivity index (χ1v) is 8.90. The number of aromatic nitrogens is 2. The summed E-state index contributed by atoms with van der Waals surface area (Å²) >= 11 is 0. The molecule has 0 unspecified atom stereocenters. The van der Waals surface area contributed by atoms with Gasteiger partial charge in [0, 0.05) is 19.5 Å². The summed E-state index contributed by atoms with van der Waals surface area (Å²) in [5.74, 6) is -0.465. The van der Waals surface area contributed by atoms with Crippen LogP contribution in [0.25, 0.3) is 10.9 Å². The summed E-state index contributed by atoms with van der Waals surface area (Å²) in [6.07, 6.45) is 0.0667. The van der Waals surface area contributed by atoms with Crippen molar-refractivity contribution in [3.63, 3.8) is 0 Å². The summed E-state index contributed by atoms with van der Waals surface area (Å²) in [5, 5.41) is 9.93. The molecule has 7 nitrogen and oxygen atoms in total. The first-order chi connectivity index (χ1) is 13.6. The number of hydrogen-bond acceptors (Lipinski definition) is 4. The summed E-state index contributed by atoms with van der Waals surface area (Å²) in [6, 6.07) is 11.9. The number of carbonyl (C=O) groups is 2. The summed E-state index contributed by atoms with van der Waals surface area (Å²) in [7, 11) is 1.59. The van der Waals surface area contributed by atoms with Crippen LogP contribution in [-0.2, 0) is 16.1 Å². The maximum Gasteiger partial charge on any atom is 0.229 e. The van der Waals surface area contributed by atoms with Gasteiger partial charge < -0.3 is 10.1 Å². The summed E-state index contributed by atoms with van der Waals surface area (Å²) in [6.45, 7) is 0.523. The van der Waals surface area contributed by atoms with Gasteiger partial charge in [-0.15, -0.1) is 0 Å². The standard InChI is InChI=1S/C20H19FN4O3/c1-28-14-7-5-12(6-8-14)10-22-20(27)13-9-17(26)25(11-13)19-18-15(21)3-2-4-16(18)23-24-19/h2-8,13H,9-11H2,1H3,(H,22,27)(H,23,24)/t13-/m1/s1. The average Bonchev–Trinajstić information content (AvgIpc) is 3.30. The Balaban J connectivity index is 1.44. The van der Waals surface area contributed by atoms with E-state index in [1.54, 1.807) is 19.2 Å². The molecule has 1 fully saturated rings. The minimum atomic E-state index is -0.510. The third-order valence-electron chi connectivity index (χ3n) is 4.90. The van der Waals surface area contributed by atoms with Crippen LogP contribution in [-0.4, -0.2) is 35.7 Å². The number of fused-ring (bicyclic) bond motifs is 1. The Labute approximate surface area is 160 Å². The van der Waals surface area contributed by atoms with Gasteiger partial charge in [0.25, 0.3) is 0 Å². The van der Waals surface area contributed by atoms with Crippen molar-refractivity contribution >= 4 is 28.5 Å². The fourth-order valence-electron chi connectivity index (χ4n) is 3.37. The van der Waals surface area contributed by atoms with E-state index in [-0.39, 0.29) is 36.0 Å². The molecule has 2 amide bonds. The lowest BCUT2D eigenvalue weighted by Gasteiger charge is -2.14. The lowest BCUT2D eigenvalue weighted by atomic mass is 10.1. The second kappa shape index (κ2) is 7.30. The molecule has 1 aliphatic heterocycles. The number of ether oxygens (including phenoxy) is 1. The van der Waals surface area contributed by atoms with Gasteiger partial charge in [0.1, 0.15) is 11.6 Å². The molecule has 1 atom stereocenters. The number of aromatic amines is 1. The molecule has 3 aromatic rings. The first-order valence-electron chi connectivity index (χ1n) is 8.90. The molecule has 0 saturated carbocycles. The van der Waals surface area contributed by atoms with Gasteiger partial charge in [-0.05, 0) is 29.8 Å². The topological polar surface area (TPSA) is 87.3 Å². The zero-order valence-electron chi connectivity index (χ0n) is 15.2. The van der Waals surface area contributed by atoms with Crippen molar-refractivity contribution in [2.75, 3.05) is 18.6 Å². The third kappa shape index (κ3) is 3.28. The van der Waals surface area contributed by atoms with Crippen molar-refractivity contribution in [2.24, 2.45) is 5.92 Å². The Kier molecular flexibility index (Phi) is 4.68. The number of hydrogen-bond donors (Lipinski definition) is 2. The second-order valence-corrected chi connectivity index (χ2v) is 6.68. The number of H-pyrrole nitrogens is 1. The molecule has 2 aromatic carbocycles. The van der Waals surface area contributed by atoms with E-state index < -0.39 is 11.7 Å². The lowest BCUT2D eigenvalue weighted by Crippen LogP contribution is -2.32. The maximum atomic E-state index is 14.2. The van der Waals surface area contributed by atoms with Crippen molar-refractivity contribution in [2.45, 2.75) is 13.0 Å². The zero-order chi connectivity index (χ0) is 19.7. The fourth-order valence-corrected chi connectivity index (χ4v) is 3.37. The van der Waals surface area contributed by atoms with Crippen LogP contribution in [0.5, 0.6) is 5.75 Å². The molecule has 1 aromatic heterocycles. The molecule has 0 aliphatic carbocycles. The second-order valence-electron chi connectivity index (χ2n) is 6.68. The Hall–Kier alpha value is -3.42. The highest BCUT2D eigenvalue weighted by Crippen LogP contribution is 2.31. The zero-order valence-corrected chi connectivity index (χ0v) is 15.2. The van der Waals surface area contributed by atoms with Gasteiger partial charge >= 0.3 is 0 Å². The van der Waals surface area contributed by atoms with Gasteiger partial charge in [0.2, 0.25) is 11.8 Å². The lowest BCUT2D eigenvalue weighted by molar-refractivity contribution is -0.126. The Morgan fingerprint density at radius 2 is 2.11 bits per heavy atom. The van der Waals surface area contributed by atoms with E-state index in [0.717, 1.165) is 11.3 Å². The van der Waals surface area contributed by atoms with Crippen LogP contribution < -0.4 is 15.0 Å². The van der Waals surface area contributed by atoms with Crippen molar-refractivity contribution in [1.82, 2.24) is 15.5 Å². The summed E-state index contributed by atoms with van der Waals surface area (Å²) < 4.78 is 19.3. The van der Waals surface area contributed by atoms with E-state index in [9.17, 15) is 14.0 Å².